The molecule has 0 unspecified atom stereocenters. The molecule has 1 N–H and O–H groups in total. The highest BCUT2D eigenvalue weighted by Gasteiger charge is 2.14. The zero-order chi connectivity index (χ0) is 10.1. The summed E-state index contributed by atoms with van der Waals surface area (Å²) in [6.45, 7) is 2.35. The number of para-hydroxylation sites is 1. The first-order valence-corrected chi connectivity index (χ1v) is 5.62. The third-order valence-electron chi connectivity index (χ3n) is 3.13. The Morgan fingerprint density at radius 2 is 1.82 bits per heavy atom. The predicted octanol–water partition coefficient (Wildman–Crippen LogP) is 3.40. The number of hydrogen-bond donors (Lipinski definition) is 1. The Labute approximate surface area is 113 Å². The van der Waals surface area contributed by atoms with E-state index in [-0.39, 0.29) is 24.8 Å². The van der Waals surface area contributed by atoms with Crippen molar-refractivity contribution in [3.63, 3.8) is 0 Å². The van der Waals surface area contributed by atoms with Crippen molar-refractivity contribution < 1.29 is 0 Å². The van der Waals surface area contributed by atoms with Gasteiger partial charge in [-0.15, -0.1) is 24.8 Å². The first kappa shape index (κ1) is 14.1. The SMILES string of the molecule is Cl.Cl.c1cc(N2CCCCC2)c2nc[nH]c2c1. The van der Waals surface area contributed by atoms with Crippen molar-refractivity contribution in [1.82, 2.24) is 9.97 Å². The standard InChI is InChI=1S/C12H15N3.2ClH/c1-2-7-15(8-3-1)11-6-4-5-10-12(11)14-9-13-10;;/h4-6,9H,1-3,7-8H2,(H,13,14);2*1H. The van der Waals surface area contributed by atoms with E-state index in [9.17, 15) is 0 Å². The topological polar surface area (TPSA) is 31.9 Å². The summed E-state index contributed by atoms with van der Waals surface area (Å²) in [7, 11) is 0. The third kappa shape index (κ3) is 2.67. The summed E-state index contributed by atoms with van der Waals surface area (Å²) in [5.41, 5.74) is 3.53. The number of imidazole rings is 1. The number of hydrogen-bond acceptors (Lipinski definition) is 2. The fourth-order valence-electron chi connectivity index (χ4n) is 2.34. The summed E-state index contributed by atoms with van der Waals surface area (Å²) < 4.78 is 0. The maximum Gasteiger partial charge on any atom is 0.112 e. The first-order valence-electron chi connectivity index (χ1n) is 5.62. The lowest BCUT2D eigenvalue weighted by atomic mass is 10.1. The van der Waals surface area contributed by atoms with Gasteiger partial charge in [0.2, 0.25) is 0 Å². The molecular formula is C12H17Cl2N3. The molecule has 0 atom stereocenters. The van der Waals surface area contributed by atoms with Gasteiger partial charge >= 0.3 is 0 Å². The van der Waals surface area contributed by atoms with Crippen LogP contribution in [0.25, 0.3) is 11.0 Å². The number of benzene rings is 1. The second kappa shape index (κ2) is 6.12. The molecule has 0 aliphatic carbocycles. The number of rotatable bonds is 1. The maximum atomic E-state index is 4.40. The smallest absolute Gasteiger partial charge is 0.112 e. The Hall–Kier alpha value is -0.930. The lowest BCUT2D eigenvalue weighted by Gasteiger charge is -2.28. The van der Waals surface area contributed by atoms with Crippen molar-refractivity contribution in [3.8, 4) is 0 Å². The van der Waals surface area contributed by atoms with E-state index in [1.807, 2.05) is 0 Å². The average molecular weight is 274 g/mol. The predicted molar refractivity (Wildman–Crippen MR) is 76.7 cm³/mol. The molecule has 0 saturated carbocycles. The van der Waals surface area contributed by atoms with Crippen molar-refractivity contribution in [2.45, 2.75) is 19.3 Å². The van der Waals surface area contributed by atoms with Gasteiger partial charge in [-0.1, -0.05) is 6.07 Å². The molecule has 1 aromatic carbocycles. The van der Waals surface area contributed by atoms with Crippen LogP contribution in [0, 0.1) is 0 Å². The van der Waals surface area contributed by atoms with Gasteiger partial charge in [0, 0.05) is 13.1 Å². The zero-order valence-electron chi connectivity index (χ0n) is 9.56. The summed E-state index contributed by atoms with van der Waals surface area (Å²) in [5, 5.41) is 0. The fraction of sp³-hybridized carbons (Fsp3) is 0.417. The summed E-state index contributed by atoms with van der Waals surface area (Å²) >= 11 is 0. The van der Waals surface area contributed by atoms with Gasteiger partial charge in [-0.2, -0.15) is 0 Å². The summed E-state index contributed by atoms with van der Waals surface area (Å²) in [6.07, 6.45) is 5.76. The second-order valence-corrected chi connectivity index (χ2v) is 4.12. The molecule has 3 nitrogen and oxygen atoms in total. The monoisotopic (exact) mass is 273 g/mol. The Bertz CT molecular complexity index is 463. The van der Waals surface area contributed by atoms with Crippen LogP contribution >= 0.6 is 24.8 Å². The Morgan fingerprint density at radius 1 is 1.06 bits per heavy atom. The number of nitrogens with zero attached hydrogens (tertiary/aromatic N) is 2. The molecular weight excluding hydrogens is 257 g/mol. The molecule has 94 valence electrons. The van der Waals surface area contributed by atoms with E-state index in [0.717, 1.165) is 11.0 Å². The minimum atomic E-state index is 0. The molecule has 1 fully saturated rings. The van der Waals surface area contributed by atoms with E-state index < -0.39 is 0 Å². The molecule has 0 radical (unpaired) electrons. The summed E-state index contributed by atoms with van der Waals surface area (Å²) in [6, 6.07) is 6.36. The minimum Gasteiger partial charge on any atom is -0.370 e. The van der Waals surface area contributed by atoms with E-state index in [1.165, 1.54) is 38.0 Å². The average Bonchev–Trinajstić information content (AvgIpc) is 2.78. The van der Waals surface area contributed by atoms with Crippen LogP contribution in [0.4, 0.5) is 5.69 Å². The van der Waals surface area contributed by atoms with E-state index in [2.05, 4.69) is 33.1 Å². The second-order valence-electron chi connectivity index (χ2n) is 4.12. The van der Waals surface area contributed by atoms with Crippen molar-refractivity contribution in [1.29, 1.82) is 0 Å². The van der Waals surface area contributed by atoms with Crippen LogP contribution in [0.5, 0.6) is 0 Å². The zero-order valence-corrected chi connectivity index (χ0v) is 11.2. The highest BCUT2D eigenvalue weighted by atomic mass is 35.5. The molecule has 0 amide bonds. The number of nitrogens with one attached hydrogen (secondary N) is 1. The molecule has 0 spiro atoms. The molecule has 1 aromatic heterocycles. The molecule has 17 heavy (non-hydrogen) atoms. The lowest BCUT2D eigenvalue weighted by Crippen LogP contribution is -2.29. The van der Waals surface area contributed by atoms with Crippen LogP contribution in [0.3, 0.4) is 0 Å². The molecule has 1 aliphatic heterocycles. The van der Waals surface area contributed by atoms with Gasteiger partial charge in [-0.25, -0.2) is 4.98 Å². The largest absolute Gasteiger partial charge is 0.370 e. The molecule has 2 heterocycles. The van der Waals surface area contributed by atoms with Gasteiger partial charge in [0.15, 0.2) is 0 Å². The normalized spacial score (nSPS) is 15.2. The van der Waals surface area contributed by atoms with Gasteiger partial charge in [-0.3, -0.25) is 0 Å². The van der Waals surface area contributed by atoms with E-state index in [4.69, 9.17) is 0 Å². The van der Waals surface area contributed by atoms with Gasteiger partial charge in [0.25, 0.3) is 0 Å². The number of H-pyrrole nitrogens is 1. The number of piperidine rings is 1. The third-order valence-corrected chi connectivity index (χ3v) is 3.13. The Kier molecular flexibility index (Phi) is 5.09. The molecule has 5 heteroatoms. The van der Waals surface area contributed by atoms with Crippen molar-refractivity contribution in [3.05, 3.63) is 24.5 Å². The molecule has 2 aromatic rings. The lowest BCUT2D eigenvalue weighted by molar-refractivity contribution is 0.579. The van der Waals surface area contributed by atoms with Crippen LogP contribution in [-0.2, 0) is 0 Å². The maximum absolute atomic E-state index is 4.40. The van der Waals surface area contributed by atoms with Crippen LogP contribution in [0.2, 0.25) is 0 Å². The van der Waals surface area contributed by atoms with Crippen LogP contribution < -0.4 is 4.90 Å². The molecule has 0 bridgehead atoms. The summed E-state index contributed by atoms with van der Waals surface area (Å²) in [5.74, 6) is 0. The molecule has 1 aliphatic rings. The van der Waals surface area contributed by atoms with Crippen molar-refractivity contribution in [2.24, 2.45) is 0 Å². The van der Waals surface area contributed by atoms with Gasteiger partial charge in [-0.05, 0) is 31.4 Å². The van der Waals surface area contributed by atoms with Crippen LogP contribution in [0.1, 0.15) is 19.3 Å². The van der Waals surface area contributed by atoms with E-state index >= 15 is 0 Å². The minimum absolute atomic E-state index is 0. The Morgan fingerprint density at radius 3 is 2.59 bits per heavy atom. The van der Waals surface area contributed by atoms with Gasteiger partial charge < -0.3 is 9.88 Å². The number of aromatic amines is 1. The molecule has 3 rings (SSSR count). The number of aromatic nitrogens is 2. The first-order chi connectivity index (χ1) is 7.45. The fourth-order valence-corrected chi connectivity index (χ4v) is 2.34. The number of anilines is 1. The highest BCUT2D eigenvalue weighted by Crippen LogP contribution is 2.26. The Balaban J connectivity index is 0.000000722. The molecule has 1 saturated heterocycles. The quantitative estimate of drug-likeness (QED) is 0.864. The number of fused-ring (bicyclic) bond motifs is 1. The van der Waals surface area contributed by atoms with E-state index in [1.54, 1.807) is 6.33 Å². The van der Waals surface area contributed by atoms with Crippen molar-refractivity contribution in [2.75, 3.05) is 18.0 Å². The summed E-state index contributed by atoms with van der Waals surface area (Å²) in [4.78, 5) is 10.0. The van der Waals surface area contributed by atoms with Gasteiger partial charge in [0.1, 0.15) is 5.52 Å². The van der Waals surface area contributed by atoms with E-state index in [0.29, 0.717) is 0 Å². The van der Waals surface area contributed by atoms with Crippen molar-refractivity contribution >= 4 is 41.5 Å². The van der Waals surface area contributed by atoms with Gasteiger partial charge in [0.05, 0.1) is 17.5 Å². The highest BCUT2D eigenvalue weighted by molar-refractivity contribution is 5.88. The van der Waals surface area contributed by atoms with Crippen LogP contribution in [0.15, 0.2) is 24.5 Å². The number of halogens is 2. The van der Waals surface area contributed by atoms with Crippen LogP contribution in [-0.4, -0.2) is 23.1 Å².